The van der Waals surface area contributed by atoms with Gasteiger partial charge in [0.05, 0.1) is 5.60 Å². The highest BCUT2D eigenvalue weighted by Gasteiger charge is 2.29. The number of nitrogens with zero attached hydrogens (tertiary/aromatic N) is 2. The van der Waals surface area contributed by atoms with Crippen molar-refractivity contribution in [3.63, 3.8) is 0 Å². The van der Waals surface area contributed by atoms with Crippen LogP contribution in [0.15, 0.2) is 12.4 Å². The molecule has 1 N–H and O–H groups in total. The Hall–Kier alpha value is -1.07. The molecule has 1 unspecified atom stereocenters. The van der Waals surface area contributed by atoms with E-state index >= 15 is 0 Å². The summed E-state index contributed by atoms with van der Waals surface area (Å²) in [4.78, 5) is 4.41. The summed E-state index contributed by atoms with van der Waals surface area (Å²) in [7, 11) is 1.73. The molecule has 5 nitrogen and oxygen atoms in total. The number of aromatic nitrogens is 2. The average Bonchev–Trinajstić information content (AvgIpc) is 2.76. The Morgan fingerprint density at radius 3 is 3.16 bits per heavy atom. The summed E-state index contributed by atoms with van der Waals surface area (Å²) in [5, 5.41) is 3.54. The molecule has 1 saturated heterocycles. The third-order valence-corrected chi connectivity index (χ3v) is 3.49. The molecular weight excluding hydrogens is 242 g/mol. The van der Waals surface area contributed by atoms with Crippen LogP contribution in [0.1, 0.15) is 33.1 Å². The molecule has 0 aromatic carbocycles. The smallest absolute Gasteiger partial charge is 0.202 e. The molecule has 0 bridgehead atoms. The van der Waals surface area contributed by atoms with Gasteiger partial charge in [0, 0.05) is 45.3 Å². The predicted molar refractivity (Wildman–Crippen MR) is 75.4 cm³/mol. The molecule has 1 aliphatic heterocycles. The minimum Gasteiger partial charge on any atom is -0.385 e. The summed E-state index contributed by atoms with van der Waals surface area (Å²) in [6, 6.07) is 0.437. The summed E-state index contributed by atoms with van der Waals surface area (Å²) in [5.74, 6) is 0.957. The van der Waals surface area contributed by atoms with E-state index in [1.807, 2.05) is 12.4 Å². The molecule has 1 aliphatic rings. The molecular formula is C14H25N3O2. The van der Waals surface area contributed by atoms with Gasteiger partial charge in [0.1, 0.15) is 0 Å². The fourth-order valence-corrected chi connectivity index (χ4v) is 2.55. The second-order valence-electron chi connectivity index (χ2n) is 5.73. The first-order valence-corrected chi connectivity index (χ1v) is 7.01. The molecule has 2 heterocycles. The molecule has 0 aliphatic carbocycles. The van der Waals surface area contributed by atoms with E-state index < -0.39 is 0 Å². The summed E-state index contributed by atoms with van der Waals surface area (Å²) in [5.41, 5.74) is -0.0383. The molecule has 1 fully saturated rings. The molecule has 0 amide bonds. The van der Waals surface area contributed by atoms with E-state index in [2.05, 4.69) is 28.7 Å². The summed E-state index contributed by atoms with van der Waals surface area (Å²) in [6.45, 7) is 6.82. The highest BCUT2D eigenvalue weighted by atomic mass is 16.5. The summed E-state index contributed by atoms with van der Waals surface area (Å²) >= 11 is 0. The zero-order valence-electron chi connectivity index (χ0n) is 12.2. The zero-order chi connectivity index (χ0) is 13.7. The second-order valence-corrected chi connectivity index (χ2v) is 5.73. The van der Waals surface area contributed by atoms with Gasteiger partial charge in [-0.25, -0.2) is 4.98 Å². The van der Waals surface area contributed by atoms with Gasteiger partial charge >= 0.3 is 0 Å². The molecule has 0 radical (unpaired) electrons. The van der Waals surface area contributed by atoms with Crippen molar-refractivity contribution in [2.45, 2.75) is 51.3 Å². The third kappa shape index (κ3) is 4.21. The summed E-state index contributed by atoms with van der Waals surface area (Å²) < 4.78 is 13.0. The number of anilines is 1. The normalized spacial score (nSPS) is 22.4. The average molecular weight is 267 g/mol. The highest BCUT2D eigenvalue weighted by molar-refractivity contribution is 5.28. The maximum Gasteiger partial charge on any atom is 0.202 e. The lowest BCUT2D eigenvalue weighted by atomic mass is 9.94. The Labute approximate surface area is 115 Å². The van der Waals surface area contributed by atoms with Gasteiger partial charge in [-0.05, 0) is 33.1 Å². The van der Waals surface area contributed by atoms with Crippen LogP contribution in [0, 0.1) is 0 Å². The van der Waals surface area contributed by atoms with Crippen LogP contribution in [0.3, 0.4) is 0 Å². The molecule has 1 aromatic rings. The minimum atomic E-state index is -0.0383. The van der Waals surface area contributed by atoms with Gasteiger partial charge in [-0.2, -0.15) is 0 Å². The van der Waals surface area contributed by atoms with Crippen LogP contribution < -0.4 is 5.32 Å². The first kappa shape index (κ1) is 14.3. The quantitative estimate of drug-likeness (QED) is 0.803. The van der Waals surface area contributed by atoms with Crippen LogP contribution in [-0.2, 0) is 16.0 Å². The standard InChI is InChI=1S/C14H25N3O2/c1-14(2)11-12(5-10-19-14)16-13-15-6-8-17(13)7-4-9-18-3/h6,8,12H,4-5,7,9-11H2,1-3H3,(H,15,16). The van der Waals surface area contributed by atoms with Crippen LogP contribution in [0.4, 0.5) is 5.95 Å². The molecule has 2 rings (SSSR count). The van der Waals surface area contributed by atoms with E-state index in [0.717, 1.165) is 45.0 Å². The Morgan fingerprint density at radius 1 is 1.58 bits per heavy atom. The van der Waals surface area contributed by atoms with Gasteiger partial charge in [-0.1, -0.05) is 0 Å². The number of methoxy groups -OCH3 is 1. The van der Waals surface area contributed by atoms with Crippen molar-refractivity contribution in [2.75, 3.05) is 25.6 Å². The van der Waals surface area contributed by atoms with Crippen molar-refractivity contribution in [1.29, 1.82) is 0 Å². The third-order valence-electron chi connectivity index (χ3n) is 3.49. The zero-order valence-corrected chi connectivity index (χ0v) is 12.2. The maximum atomic E-state index is 5.74. The van der Waals surface area contributed by atoms with Crippen molar-refractivity contribution < 1.29 is 9.47 Å². The van der Waals surface area contributed by atoms with Crippen molar-refractivity contribution in [3.05, 3.63) is 12.4 Å². The van der Waals surface area contributed by atoms with Crippen molar-refractivity contribution in [2.24, 2.45) is 0 Å². The van der Waals surface area contributed by atoms with Crippen LogP contribution in [-0.4, -0.2) is 41.5 Å². The highest BCUT2D eigenvalue weighted by Crippen LogP contribution is 2.26. The van der Waals surface area contributed by atoms with E-state index in [9.17, 15) is 0 Å². The van der Waals surface area contributed by atoms with E-state index in [1.165, 1.54) is 0 Å². The Kier molecular flexibility index (Phi) is 4.82. The number of ether oxygens (including phenoxy) is 2. The Bertz CT molecular complexity index is 390. The first-order chi connectivity index (χ1) is 9.11. The van der Waals surface area contributed by atoms with E-state index in [0.29, 0.717) is 6.04 Å². The fourth-order valence-electron chi connectivity index (χ4n) is 2.55. The lowest BCUT2D eigenvalue weighted by Gasteiger charge is -2.36. The predicted octanol–water partition coefficient (Wildman–Crippen LogP) is 2.29. The second kappa shape index (κ2) is 6.39. The van der Waals surface area contributed by atoms with Crippen LogP contribution in [0.5, 0.6) is 0 Å². The lowest BCUT2D eigenvalue weighted by molar-refractivity contribution is -0.0554. The van der Waals surface area contributed by atoms with Gasteiger partial charge in [0.25, 0.3) is 0 Å². The van der Waals surface area contributed by atoms with Gasteiger partial charge in [0.2, 0.25) is 5.95 Å². The molecule has 1 aromatic heterocycles. The largest absolute Gasteiger partial charge is 0.385 e. The van der Waals surface area contributed by atoms with E-state index in [4.69, 9.17) is 9.47 Å². The van der Waals surface area contributed by atoms with Gasteiger partial charge in [-0.15, -0.1) is 0 Å². The van der Waals surface area contributed by atoms with Gasteiger partial charge < -0.3 is 19.4 Å². The summed E-state index contributed by atoms with van der Waals surface area (Å²) in [6.07, 6.45) is 6.91. The van der Waals surface area contributed by atoms with Gasteiger partial charge in [-0.3, -0.25) is 0 Å². The minimum absolute atomic E-state index is 0.0383. The topological polar surface area (TPSA) is 48.3 Å². The number of hydrogen-bond acceptors (Lipinski definition) is 4. The lowest BCUT2D eigenvalue weighted by Crippen LogP contribution is -2.40. The number of nitrogens with one attached hydrogen (secondary N) is 1. The Balaban J connectivity index is 1.90. The number of hydrogen-bond donors (Lipinski definition) is 1. The maximum absolute atomic E-state index is 5.74. The SMILES string of the molecule is COCCCn1ccnc1NC1CCOC(C)(C)C1. The molecule has 5 heteroatoms. The Morgan fingerprint density at radius 2 is 2.42 bits per heavy atom. The van der Waals surface area contributed by atoms with Gasteiger partial charge in [0.15, 0.2) is 0 Å². The van der Waals surface area contributed by atoms with E-state index in [1.54, 1.807) is 7.11 Å². The molecule has 1 atom stereocenters. The van der Waals surface area contributed by atoms with Crippen molar-refractivity contribution >= 4 is 5.95 Å². The molecule has 0 saturated carbocycles. The number of aryl methyl sites for hydroxylation is 1. The number of imidazole rings is 1. The van der Waals surface area contributed by atoms with Crippen molar-refractivity contribution in [3.8, 4) is 0 Å². The van der Waals surface area contributed by atoms with Crippen LogP contribution >= 0.6 is 0 Å². The molecule has 19 heavy (non-hydrogen) atoms. The first-order valence-electron chi connectivity index (χ1n) is 7.01. The van der Waals surface area contributed by atoms with Crippen LogP contribution in [0.2, 0.25) is 0 Å². The monoisotopic (exact) mass is 267 g/mol. The van der Waals surface area contributed by atoms with E-state index in [-0.39, 0.29) is 5.60 Å². The van der Waals surface area contributed by atoms with Crippen LogP contribution in [0.25, 0.3) is 0 Å². The van der Waals surface area contributed by atoms with Crippen molar-refractivity contribution in [1.82, 2.24) is 9.55 Å². The molecule has 0 spiro atoms. The number of rotatable bonds is 6. The fraction of sp³-hybridized carbons (Fsp3) is 0.786. The molecule has 108 valence electrons.